The largest absolute Gasteiger partial charge is 0.339 e. The number of aromatic nitrogens is 3. The molecule has 0 unspecified atom stereocenters. The Kier molecular flexibility index (Phi) is 4.83. The molecule has 0 atom stereocenters. The topological polar surface area (TPSA) is 149 Å². The van der Waals surface area contributed by atoms with E-state index < -0.39 is 9.85 Å². The van der Waals surface area contributed by atoms with E-state index in [4.69, 9.17) is 0 Å². The molecule has 4 rings (SSSR count). The summed E-state index contributed by atoms with van der Waals surface area (Å²) in [6.45, 7) is 0. The van der Waals surface area contributed by atoms with Crippen LogP contribution in [0.4, 0.5) is 34.5 Å². The fourth-order valence-corrected chi connectivity index (χ4v) is 2.71. The maximum Gasteiger partial charge on any atom is 0.269 e. The second-order valence-corrected chi connectivity index (χ2v) is 6.13. The van der Waals surface area contributed by atoms with E-state index in [0.717, 1.165) is 0 Å². The van der Waals surface area contributed by atoms with Crippen molar-refractivity contribution in [2.45, 2.75) is 0 Å². The summed E-state index contributed by atoms with van der Waals surface area (Å²) in [6.07, 6.45) is 1.60. The standard InChI is InChI=1S/C19H13N7O4/c27-25(28)14-7-3-12(4-8-14)21-18-16-2-1-11-20-17(16)23-19(24-18)22-13-5-9-15(10-6-13)26(29)30/h1-11H,(H2,20,21,22,23,24). The molecule has 0 aliphatic carbocycles. The van der Waals surface area contributed by atoms with E-state index in [1.165, 1.54) is 24.3 Å². The SMILES string of the molecule is O=[N+]([O-])c1ccc(Nc2nc(Nc3ccc([N+](=O)[O-])cc3)c3cccnc3n2)cc1. The van der Waals surface area contributed by atoms with Crippen LogP contribution in [0.3, 0.4) is 0 Å². The molecule has 148 valence electrons. The molecule has 2 N–H and O–H groups in total. The number of nitrogens with one attached hydrogen (secondary N) is 2. The number of rotatable bonds is 6. The minimum absolute atomic E-state index is 0.0183. The summed E-state index contributed by atoms with van der Waals surface area (Å²) in [7, 11) is 0. The number of anilines is 4. The van der Waals surface area contributed by atoms with Crippen molar-refractivity contribution in [1.82, 2.24) is 15.0 Å². The fourth-order valence-electron chi connectivity index (χ4n) is 2.71. The molecule has 11 nitrogen and oxygen atoms in total. The molecular weight excluding hydrogens is 390 g/mol. The first-order chi connectivity index (χ1) is 14.5. The third-order valence-corrected chi connectivity index (χ3v) is 4.15. The quantitative estimate of drug-likeness (QED) is 0.354. The second-order valence-electron chi connectivity index (χ2n) is 6.13. The molecule has 2 aromatic carbocycles. The van der Waals surface area contributed by atoms with Gasteiger partial charge in [0.25, 0.3) is 11.4 Å². The number of nitrogens with zero attached hydrogens (tertiary/aromatic N) is 5. The molecule has 11 heteroatoms. The van der Waals surface area contributed by atoms with Crippen molar-refractivity contribution in [2.75, 3.05) is 10.6 Å². The molecule has 2 heterocycles. The van der Waals surface area contributed by atoms with Gasteiger partial charge in [0.15, 0.2) is 5.65 Å². The molecule has 0 spiro atoms. The normalized spacial score (nSPS) is 10.5. The van der Waals surface area contributed by atoms with Gasteiger partial charge in [-0.05, 0) is 36.4 Å². The first-order valence-corrected chi connectivity index (χ1v) is 8.65. The summed E-state index contributed by atoms with van der Waals surface area (Å²) in [5, 5.41) is 28.4. The third-order valence-electron chi connectivity index (χ3n) is 4.15. The van der Waals surface area contributed by atoms with Crippen LogP contribution in [0, 0.1) is 20.2 Å². The molecule has 2 aromatic heterocycles. The smallest absolute Gasteiger partial charge is 0.269 e. The Hall–Kier alpha value is -4.67. The van der Waals surface area contributed by atoms with Gasteiger partial charge in [-0.15, -0.1) is 0 Å². The molecule has 0 saturated carbocycles. The van der Waals surface area contributed by atoms with Crippen LogP contribution in [-0.4, -0.2) is 24.8 Å². The highest BCUT2D eigenvalue weighted by atomic mass is 16.6. The summed E-state index contributed by atoms with van der Waals surface area (Å²) in [6, 6.07) is 15.3. The van der Waals surface area contributed by atoms with Crippen LogP contribution in [0.2, 0.25) is 0 Å². The number of pyridine rings is 1. The van der Waals surface area contributed by atoms with Gasteiger partial charge in [0.2, 0.25) is 5.95 Å². The number of hydrogen-bond acceptors (Lipinski definition) is 9. The van der Waals surface area contributed by atoms with E-state index in [9.17, 15) is 20.2 Å². The Morgan fingerprint density at radius 2 is 1.30 bits per heavy atom. The molecular formula is C19H13N7O4. The molecule has 30 heavy (non-hydrogen) atoms. The Morgan fingerprint density at radius 3 is 1.87 bits per heavy atom. The molecule has 0 amide bonds. The van der Waals surface area contributed by atoms with Crippen LogP contribution in [0.1, 0.15) is 0 Å². The molecule has 0 radical (unpaired) electrons. The summed E-state index contributed by atoms with van der Waals surface area (Å²) in [5.41, 5.74) is 1.56. The number of benzene rings is 2. The van der Waals surface area contributed by atoms with Gasteiger partial charge in [-0.3, -0.25) is 20.2 Å². The zero-order valence-corrected chi connectivity index (χ0v) is 15.2. The maximum absolute atomic E-state index is 10.8. The highest BCUT2D eigenvalue weighted by molar-refractivity contribution is 5.89. The van der Waals surface area contributed by atoms with Crippen molar-refractivity contribution >= 4 is 45.5 Å². The van der Waals surface area contributed by atoms with Crippen molar-refractivity contribution in [3.8, 4) is 0 Å². The van der Waals surface area contributed by atoms with Gasteiger partial charge < -0.3 is 10.6 Å². The zero-order chi connectivity index (χ0) is 21.1. The van der Waals surface area contributed by atoms with Gasteiger partial charge in [0.05, 0.1) is 15.2 Å². The Balaban J connectivity index is 1.66. The van der Waals surface area contributed by atoms with Crippen LogP contribution in [0.25, 0.3) is 11.0 Å². The van der Waals surface area contributed by atoms with E-state index >= 15 is 0 Å². The highest BCUT2D eigenvalue weighted by Crippen LogP contribution is 2.26. The first-order valence-electron chi connectivity index (χ1n) is 8.65. The zero-order valence-electron chi connectivity index (χ0n) is 15.2. The molecule has 0 bridgehead atoms. The summed E-state index contributed by atoms with van der Waals surface area (Å²) < 4.78 is 0. The lowest BCUT2D eigenvalue weighted by Crippen LogP contribution is -2.03. The van der Waals surface area contributed by atoms with E-state index in [1.807, 2.05) is 0 Å². The number of fused-ring (bicyclic) bond motifs is 1. The maximum atomic E-state index is 10.8. The molecule has 0 saturated heterocycles. The van der Waals surface area contributed by atoms with Gasteiger partial charge in [0.1, 0.15) is 5.82 Å². The van der Waals surface area contributed by atoms with E-state index in [-0.39, 0.29) is 17.3 Å². The lowest BCUT2D eigenvalue weighted by Gasteiger charge is -2.11. The van der Waals surface area contributed by atoms with Gasteiger partial charge in [-0.2, -0.15) is 9.97 Å². The molecule has 0 fully saturated rings. The summed E-state index contributed by atoms with van der Waals surface area (Å²) >= 11 is 0. The van der Waals surface area contributed by atoms with Crippen molar-refractivity contribution in [1.29, 1.82) is 0 Å². The minimum atomic E-state index is -0.480. The lowest BCUT2D eigenvalue weighted by atomic mass is 10.2. The van der Waals surface area contributed by atoms with E-state index in [2.05, 4.69) is 25.6 Å². The third kappa shape index (κ3) is 3.94. The predicted octanol–water partition coefficient (Wildman–Crippen LogP) is 4.33. The summed E-state index contributed by atoms with van der Waals surface area (Å²) in [4.78, 5) is 33.8. The minimum Gasteiger partial charge on any atom is -0.339 e. The first kappa shape index (κ1) is 18.7. The number of nitro groups is 2. The van der Waals surface area contributed by atoms with Crippen molar-refractivity contribution in [3.63, 3.8) is 0 Å². The van der Waals surface area contributed by atoms with Gasteiger partial charge in [-0.25, -0.2) is 4.98 Å². The van der Waals surface area contributed by atoms with Gasteiger partial charge >= 0.3 is 0 Å². The molecule has 0 aliphatic rings. The van der Waals surface area contributed by atoms with Crippen LogP contribution < -0.4 is 10.6 Å². The van der Waals surface area contributed by atoms with Crippen LogP contribution in [-0.2, 0) is 0 Å². The Bertz CT molecular complexity index is 1240. The van der Waals surface area contributed by atoms with Crippen LogP contribution >= 0.6 is 0 Å². The van der Waals surface area contributed by atoms with Gasteiger partial charge in [0, 0.05) is 41.8 Å². The fraction of sp³-hybridized carbons (Fsp3) is 0. The van der Waals surface area contributed by atoms with Crippen LogP contribution in [0.15, 0.2) is 66.9 Å². The molecule has 0 aliphatic heterocycles. The Labute approximate surface area is 168 Å². The monoisotopic (exact) mass is 403 g/mol. The number of nitro benzene ring substituents is 2. The Morgan fingerprint density at radius 1 is 0.733 bits per heavy atom. The van der Waals surface area contributed by atoms with E-state index in [1.54, 1.807) is 42.6 Å². The average Bonchev–Trinajstić information content (AvgIpc) is 2.74. The van der Waals surface area contributed by atoms with Crippen molar-refractivity contribution < 1.29 is 9.85 Å². The second kappa shape index (κ2) is 7.75. The predicted molar refractivity (Wildman–Crippen MR) is 110 cm³/mol. The summed E-state index contributed by atoms with van der Waals surface area (Å²) in [5.74, 6) is 0.686. The molecule has 4 aromatic rings. The highest BCUT2D eigenvalue weighted by Gasteiger charge is 2.11. The number of non-ortho nitro benzene ring substituents is 2. The van der Waals surface area contributed by atoms with E-state index in [0.29, 0.717) is 28.2 Å². The van der Waals surface area contributed by atoms with Crippen molar-refractivity contribution in [2.24, 2.45) is 0 Å². The lowest BCUT2D eigenvalue weighted by molar-refractivity contribution is -0.385. The van der Waals surface area contributed by atoms with Crippen molar-refractivity contribution in [3.05, 3.63) is 87.1 Å². The van der Waals surface area contributed by atoms with Crippen LogP contribution in [0.5, 0.6) is 0 Å². The van der Waals surface area contributed by atoms with Gasteiger partial charge in [-0.1, -0.05) is 0 Å². The number of hydrogen-bond donors (Lipinski definition) is 2. The average molecular weight is 403 g/mol.